The second-order valence-electron chi connectivity index (χ2n) is 9.93. The van der Waals surface area contributed by atoms with Gasteiger partial charge in [0.2, 0.25) is 5.75 Å². The first-order valence-corrected chi connectivity index (χ1v) is 12.6. The van der Waals surface area contributed by atoms with E-state index in [9.17, 15) is 15.3 Å². The molecule has 1 saturated heterocycles. The normalized spacial score (nSPS) is 20.3. The summed E-state index contributed by atoms with van der Waals surface area (Å²) < 4.78 is 16.8. The van der Waals surface area contributed by atoms with Crippen LogP contribution in [0.25, 0.3) is 6.08 Å². The number of fused-ring (bicyclic) bond motifs is 3. The largest absolute Gasteiger partial charge is 0.493 e. The van der Waals surface area contributed by atoms with Gasteiger partial charge in [-0.15, -0.1) is 0 Å². The Morgan fingerprint density at radius 1 is 0.923 bits per heavy atom. The summed E-state index contributed by atoms with van der Waals surface area (Å²) >= 11 is 0. The maximum absolute atomic E-state index is 14.6. The molecule has 5 rings (SSSR count). The Balaban J connectivity index is 1.83. The molecule has 196 valence electrons. The molecule has 3 aromatic carbocycles. The van der Waals surface area contributed by atoms with Crippen LogP contribution < -0.4 is 19.1 Å². The number of hydrogen-bond acceptors (Lipinski definition) is 7. The molecule has 39 heavy (non-hydrogen) atoms. The smallest absolute Gasteiger partial charge is 0.203 e. The molecule has 2 heterocycles. The van der Waals surface area contributed by atoms with Crippen molar-refractivity contribution in [3.8, 4) is 29.4 Å². The molecular weight excluding hydrogens is 490 g/mol. The van der Waals surface area contributed by atoms with Crippen molar-refractivity contribution in [2.75, 3.05) is 26.2 Å². The number of anilines is 1. The van der Waals surface area contributed by atoms with Gasteiger partial charge in [0, 0.05) is 17.2 Å². The van der Waals surface area contributed by atoms with Crippen molar-refractivity contribution in [3.05, 3.63) is 88.5 Å². The van der Waals surface area contributed by atoms with E-state index in [1.807, 2.05) is 73.4 Å². The van der Waals surface area contributed by atoms with Crippen molar-refractivity contribution in [2.24, 2.45) is 5.41 Å². The standard InChI is InChI=1S/C32H29N3O4/c1-19-10-12-23(20(2)14-19)30(36)29-28(22-15-25(37-3)31(39-5)26(16-22)38-4)32(17-33,18-34)27-13-11-21-8-6-7-9-24(21)35(27)29/h6-16,27-29H,1-5H3/t27-,28-,29+/m1/s1. The van der Waals surface area contributed by atoms with E-state index in [1.165, 1.54) is 21.3 Å². The lowest BCUT2D eigenvalue weighted by Gasteiger charge is -2.35. The van der Waals surface area contributed by atoms with E-state index in [-0.39, 0.29) is 5.78 Å². The third-order valence-electron chi connectivity index (χ3n) is 7.88. The Morgan fingerprint density at radius 2 is 1.59 bits per heavy atom. The molecule has 0 amide bonds. The van der Waals surface area contributed by atoms with E-state index in [4.69, 9.17) is 14.2 Å². The molecule has 0 bridgehead atoms. The van der Waals surface area contributed by atoms with Gasteiger partial charge in [-0.3, -0.25) is 4.79 Å². The van der Waals surface area contributed by atoms with Crippen LogP contribution in [0.1, 0.15) is 38.5 Å². The van der Waals surface area contributed by atoms with Crippen molar-refractivity contribution >= 4 is 17.5 Å². The number of benzene rings is 3. The first-order chi connectivity index (χ1) is 18.8. The first kappa shape index (κ1) is 25.9. The van der Waals surface area contributed by atoms with Crippen LogP contribution in [0.4, 0.5) is 5.69 Å². The number of nitrogens with zero attached hydrogens (tertiary/aromatic N) is 3. The molecule has 7 heteroatoms. The van der Waals surface area contributed by atoms with E-state index in [0.29, 0.717) is 28.4 Å². The zero-order chi connectivity index (χ0) is 27.9. The highest BCUT2D eigenvalue weighted by molar-refractivity contribution is 6.05. The van der Waals surface area contributed by atoms with Crippen molar-refractivity contribution in [1.82, 2.24) is 0 Å². The molecule has 2 aliphatic rings. The first-order valence-electron chi connectivity index (χ1n) is 12.6. The second kappa shape index (κ2) is 9.85. The number of Topliss-reactive ketones (excluding diaryl/α,β-unsaturated/α-hetero) is 1. The topological polar surface area (TPSA) is 95.6 Å². The number of aryl methyl sites for hydroxylation is 2. The lowest BCUT2D eigenvalue weighted by atomic mass is 9.69. The highest BCUT2D eigenvalue weighted by atomic mass is 16.5. The van der Waals surface area contributed by atoms with Crippen molar-refractivity contribution in [1.29, 1.82) is 10.5 Å². The lowest BCUT2D eigenvalue weighted by molar-refractivity contribution is 0.0950. The van der Waals surface area contributed by atoms with Crippen molar-refractivity contribution in [2.45, 2.75) is 31.8 Å². The zero-order valence-corrected chi connectivity index (χ0v) is 22.6. The van der Waals surface area contributed by atoms with Gasteiger partial charge in [-0.25, -0.2) is 0 Å². The highest BCUT2D eigenvalue weighted by Gasteiger charge is 2.63. The van der Waals surface area contributed by atoms with Crippen LogP contribution in [0.15, 0.2) is 60.7 Å². The lowest BCUT2D eigenvalue weighted by Crippen LogP contribution is -2.44. The second-order valence-corrected chi connectivity index (χ2v) is 9.93. The molecule has 0 aromatic heterocycles. The fraction of sp³-hybridized carbons (Fsp3) is 0.281. The Morgan fingerprint density at radius 3 is 2.18 bits per heavy atom. The summed E-state index contributed by atoms with van der Waals surface area (Å²) in [5.41, 5.74) is 3.15. The summed E-state index contributed by atoms with van der Waals surface area (Å²) in [6.07, 6.45) is 3.80. The van der Waals surface area contributed by atoms with Gasteiger partial charge in [0.25, 0.3) is 0 Å². The van der Waals surface area contributed by atoms with Gasteiger partial charge in [-0.1, -0.05) is 54.1 Å². The number of methoxy groups -OCH3 is 3. The van der Waals surface area contributed by atoms with Crippen molar-refractivity contribution < 1.29 is 19.0 Å². The number of carbonyl (C=O) groups excluding carboxylic acids is 1. The summed E-state index contributed by atoms with van der Waals surface area (Å²) in [5.74, 6) is 0.163. The van der Waals surface area contributed by atoms with Crippen LogP contribution in [-0.4, -0.2) is 39.2 Å². The molecule has 1 fully saturated rings. The molecule has 0 saturated carbocycles. The molecular formula is C32H29N3O4. The average molecular weight is 520 g/mol. The molecule has 0 unspecified atom stereocenters. The molecule has 3 aromatic rings. The van der Waals surface area contributed by atoms with Gasteiger partial charge in [0.15, 0.2) is 22.7 Å². The molecule has 2 aliphatic heterocycles. The summed E-state index contributed by atoms with van der Waals surface area (Å²) in [4.78, 5) is 16.6. The van der Waals surface area contributed by atoms with Crippen LogP contribution in [0.5, 0.6) is 17.2 Å². The fourth-order valence-electron chi connectivity index (χ4n) is 6.14. The van der Waals surface area contributed by atoms with E-state index < -0.39 is 23.4 Å². The molecule has 0 radical (unpaired) electrons. The van der Waals surface area contributed by atoms with Gasteiger partial charge < -0.3 is 19.1 Å². The van der Waals surface area contributed by atoms with E-state index in [0.717, 1.165) is 22.4 Å². The summed E-state index contributed by atoms with van der Waals surface area (Å²) in [6.45, 7) is 3.89. The quantitative estimate of drug-likeness (QED) is 0.391. The Hall–Kier alpha value is -4.75. The minimum atomic E-state index is -1.59. The Labute approximate surface area is 228 Å². The number of carbonyl (C=O) groups is 1. The summed E-state index contributed by atoms with van der Waals surface area (Å²) in [6, 6.07) is 20.1. The van der Waals surface area contributed by atoms with Crippen LogP contribution >= 0.6 is 0 Å². The van der Waals surface area contributed by atoms with Crippen molar-refractivity contribution in [3.63, 3.8) is 0 Å². The SMILES string of the molecule is COc1cc([C@@H]2[C@@H](C(=O)c3ccc(C)cc3C)N3c4ccccc4C=C[C@@H]3C2(C#N)C#N)cc(OC)c1OC. The predicted octanol–water partition coefficient (Wildman–Crippen LogP) is 5.61. The van der Waals surface area contributed by atoms with Crippen LogP contribution in [0.2, 0.25) is 0 Å². The average Bonchev–Trinajstić information content (AvgIpc) is 3.27. The Kier molecular flexibility index (Phi) is 6.54. The van der Waals surface area contributed by atoms with Gasteiger partial charge in [0.05, 0.1) is 39.5 Å². The predicted molar refractivity (Wildman–Crippen MR) is 148 cm³/mol. The summed E-state index contributed by atoms with van der Waals surface area (Å²) in [7, 11) is 4.54. The molecule has 0 N–H and O–H groups in total. The number of ether oxygens (including phenoxy) is 3. The van der Waals surface area contributed by atoms with Gasteiger partial charge in [0.1, 0.15) is 6.04 Å². The monoisotopic (exact) mass is 519 g/mol. The van der Waals surface area contributed by atoms with Crippen LogP contribution in [0.3, 0.4) is 0 Å². The maximum atomic E-state index is 14.6. The van der Waals surface area contributed by atoms with Crippen LogP contribution in [-0.2, 0) is 0 Å². The molecule has 0 spiro atoms. The molecule has 0 aliphatic carbocycles. The number of nitriles is 2. The minimum Gasteiger partial charge on any atom is -0.493 e. The molecule has 3 atom stereocenters. The third-order valence-corrected chi connectivity index (χ3v) is 7.88. The van der Waals surface area contributed by atoms with E-state index in [1.54, 1.807) is 12.1 Å². The maximum Gasteiger partial charge on any atom is 0.203 e. The number of para-hydroxylation sites is 1. The van der Waals surface area contributed by atoms with E-state index in [2.05, 4.69) is 12.1 Å². The van der Waals surface area contributed by atoms with Gasteiger partial charge in [-0.05, 0) is 48.7 Å². The minimum absolute atomic E-state index is 0.159. The van der Waals surface area contributed by atoms with Gasteiger partial charge in [-0.2, -0.15) is 10.5 Å². The highest BCUT2D eigenvalue weighted by Crippen LogP contribution is 2.57. The number of rotatable bonds is 6. The fourth-order valence-corrected chi connectivity index (χ4v) is 6.14. The number of hydrogen-bond donors (Lipinski definition) is 0. The third kappa shape index (κ3) is 3.82. The zero-order valence-electron chi connectivity index (χ0n) is 22.6. The molecule has 7 nitrogen and oxygen atoms in total. The van der Waals surface area contributed by atoms with E-state index >= 15 is 0 Å². The number of ketones is 1. The Bertz CT molecular complexity index is 1540. The van der Waals surface area contributed by atoms with Gasteiger partial charge >= 0.3 is 0 Å². The summed E-state index contributed by atoms with van der Waals surface area (Å²) in [5, 5.41) is 21.4. The van der Waals surface area contributed by atoms with Crippen LogP contribution in [0, 0.1) is 41.9 Å².